The minimum atomic E-state index is -0.547. The van der Waals surface area contributed by atoms with E-state index in [1.807, 2.05) is 0 Å². The van der Waals surface area contributed by atoms with Gasteiger partial charge in [-0.1, -0.05) is 5.10 Å². The lowest BCUT2D eigenvalue weighted by molar-refractivity contribution is -0.384. The minimum Gasteiger partial charge on any atom is -0.497 e. The molecule has 0 atom stereocenters. The van der Waals surface area contributed by atoms with Crippen molar-refractivity contribution in [2.75, 3.05) is 19.5 Å². The first-order chi connectivity index (χ1) is 13.0. The minimum absolute atomic E-state index is 0.113. The average molecular weight is 370 g/mol. The number of carbonyl (C=O) groups is 1. The van der Waals surface area contributed by atoms with Crippen molar-refractivity contribution in [2.45, 2.75) is 0 Å². The van der Waals surface area contributed by atoms with E-state index in [4.69, 9.17) is 13.9 Å². The zero-order valence-electron chi connectivity index (χ0n) is 14.3. The number of nitrogens with one attached hydrogen (secondary N) is 1. The van der Waals surface area contributed by atoms with Crippen molar-refractivity contribution < 1.29 is 23.6 Å². The summed E-state index contributed by atoms with van der Waals surface area (Å²) in [5.41, 5.74) is 0.627. The SMILES string of the molecule is COc1ccc(-c2nnc(NC(=O)c3ccc([N+](=O)[O-])cc3)o2)c(OC)c1. The van der Waals surface area contributed by atoms with Gasteiger partial charge in [-0.2, -0.15) is 0 Å². The van der Waals surface area contributed by atoms with E-state index < -0.39 is 10.8 Å². The van der Waals surface area contributed by atoms with Gasteiger partial charge in [0.05, 0.1) is 24.7 Å². The van der Waals surface area contributed by atoms with E-state index in [0.717, 1.165) is 0 Å². The van der Waals surface area contributed by atoms with Crippen LogP contribution >= 0.6 is 0 Å². The Morgan fingerprint density at radius 2 is 1.85 bits per heavy atom. The van der Waals surface area contributed by atoms with E-state index in [-0.39, 0.29) is 23.2 Å². The summed E-state index contributed by atoms with van der Waals surface area (Å²) < 4.78 is 15.9. The predicted octanol–water partition coefficient (Wildman–Crippen LogP) is 2.91. The third kappa shape index (κ3) is 3.84. The summed E-state index contributed by atoms with van der Waals surface area (Å²) in [5.74, 6) is 0.670. The van der Waals surface area contributed by atoms with Crippen molar-refractivity contribution in [3.63, 3.8) is 0 Å². The zero-order valence-corrected chi connectivity index (χ0v) is 14.3. The molecule has 27 heavy (non-hydrogen) atoms. The molecule has 0 aliphatic rings. The van der Waals surface area contributed by atoms with E-state index >= 15 is 0 Å². The van der Waals surface area contributed by atoms with Gasteiger partial charge in [0.25, 0.3) is 17.5 Å². The number of rotatable bonds is 6. The van der Waals surface area contributed by atoms with Gasteiger partial charge in [0.2, 0.25) is 0 Å². The normalized spacial score (nSPS) is 10.3. The first-order valence-corrected chi connectivity index (χ1v) is 7.63. The van der Waals surface area contributed by atoms with Gasteiger partial charge in [-0.3, -0.25) is 20.2 Å². The molecular formula is C17H14N4O6. The second-order valence-corrected chi connectivity index (χ2v) is 5.24. The van der Waals surface area contributed by atoms with Gasteiger partial charge < -0.3 is 13.9 Å². The zero-order chi connectivity index (χ0) is 19.4. The molecule has 0 saturated heterocycles. The van der Waals surface area contributed by atoms with Crippen LogP contribution in [0.5, 0.6) is 11.5 Å². The summed E-state index contributed by atoms with van der Waals surface area (Å²) in [5, 5.41) is 20.8. The molecule has 0 aliphatic heterocycles. The summed E-state index contributed by atoms with van der Waals surface area (Å²) in [6.07, 6.45) is 0. The van der Waals surface area contributed by atoms with Crippen LogP contribution in [0.2, 0.25) is 0 Å². The average Bonchev–Trinajstić information content (AvgIpc) is 3.15. The van der Waals surface area contributed by atoms with Crippen molar-refractivity contribution in [2.24, 2.45) is 0 Å². The smallest absolute Gasteiger partial charge is 0.322 e. The van der Waals surface area contributed by atoms with Gasteiger partial charge in [-0.25, -0.2) is 0 Å². The molecule has 138 valence electrons. The third-order valence-corrected chi connectivity index (χ3v) is 3.62. The molecule has 2 aromatic carbocycles. The number of benzene rings is 2. The molecule has 0 fully saturated rings. The number of nitro benzene ring substituents is 1. The number of hydrogen-bond acceptors (Lipinski definition) is 8. The molecule has 10 nitrogen and oxygen atoms in total. The number of nitrogens with zero attached hydrogens (tertiary/aromatic N) is 3. The molecule has 3 rings (SSSR count). The number of hydrogen-bond donors (Lipinski definition) is 1. The lowest BCUT2D eigenvalue weighted by Crippen LogP contribution is -2.12. The highest BCUT2D eigenvalue weighted by Crippen LogP contribution is 2.33. The number of non-ortho nitro benzene ring substituents is 1. The first-order valence-electron chi connectivity index (χ1n) is 7.63. The van der Waals surface area contributed by atoms with Crippen LogP contribution in [0.1, 0.15) is 10.4 Å². The Morgan fingerprint density at radius 1 is 1.11 bits per heavy atom. The van der Waals surface area contributed by atoms with Crippen LogP contribution in [-0.4, -0.2) is 35.2 Å². The molecule has 0 aliphatic carbocycles. The van der Waals surface area contributed by atoms with Crippen LogP contribution in [0, 0.1) is 10.1 Å². The Bertz CT molecular complexity index is 983. The van der Waals surface area contributed by atoms with Crippen LogP contribution in [0.15, 0.2) is 46.9 Å². The third-order valence-electron chi connectivity index (χ3n) is 3.62. The Kier molecular flexibility index (Phi) is 4.97. The molecule has 1 N–H and O–H groups in total. The van der Waals surface area contributed by atoms with E-state index in [1.165, 1.54) is 38.5 Å². The van der Waals surface area contributed by atoms with Gasteiger partial charge in [0.15, 0.2) is 0 Å². The molecule has 0 saturated carbocycles. The standard InChI is InChI=1S/C17H14N4O6/c1-25-12-7-8-13(14(9-12)26-2)16-19-20-17(27-16)18-15(22)10-3-5-11(6-4-10)21(23)24/h3-9H,1-2H3,(H,18,20,22). The maximum Gasteiger partial charge on any atom is 0.322 e. The second-order valence-electron chi connectivity index (χ2n) is 5.24. The predicted molar refractivity (Wildman–Crippen MR) is 93.9 cm³/mol. The number of nitro groups is 1. The lowest BCUT2D eigenvalue weighted by Gasteiger charge is -2.07. The number of ether oxygens (including phenoxy) is 2. The molecule has 3 aromatic rings. The van der Waals surface area contributed by atoms with Gasteiger partial charge in [0.1, 0.15) is 11.5 Å². The fraction of sp³-hybridized carbons (Fsp3) is 0.118. The van der Waals surface area contributed by atoms with Gasteiger partial charge in [-0.15, -0.1) is 5.10 Å². The Balaban J connectivity index is 1.78. The largest absolute Gasteiger partial charge is 0.497 e. The molecule has 1 amide bonds. The summed E-state index contributed by atoms with van der Waals surface area (Å²) in [4.78, 5) is 22.3. The Morgan fingerprint density at radius 3 is 2.48 bits per heavy atom. The maximum absolute atomic E-state index is 12.2. The lowest BCUT2D eigenvalue weighted by atomic mass is 10.2. The van der Waals surface area contributed by atoms with E-state index in [0.29, 0.717) is 17.1 Å². The molecule has 1 heterocycles. The Hall–Kier alpha value is -3.95. The van der Waals surface area contributed by atoms with Crippen LogP contribution in [0.3, 0.4) is 0 Å². The molecular weight excluding hydrogens is 356 g/mol. The van der Waals surface area contributed by atoms with Crippen LogP contribution in [0.25, 0.3) is 11.5 Å². The molecule has 0 unspecified atom stereocenters. The summed E-state index contributed by atoms with van der Waals surface area (Å²) >= 11 is 0. The van der Waals surface area contributed by atoms with Crippen molar-refractivity contribution in [1.29, 1.82) is 0 Å². The van der Waals surface area contributed by atoms with E-state index in [1.54, 1.807) is 18.2 Å². The number of anilines is 1. The maximum atomic E-state index is 12.2. The van der Waals surface area contributed by atoms with Crippen LogP contribution < -0.4 is 14.8 Å². The number of aromatic nitrogens is 2. The van der Waals surface area contributed by atoms with Crippen molar-refractivity contribution >= 4 is 17.6 Å². The molecule has 0 spiro atoms. The van der Waals surface area contributed by atoms with E-state index in [2.05, 4.69) is 15.5 Å². The topological polar surface area (TPSA) is 130 Å². The molecule has 0 bridgehead atoms. The fourth-order valence-electron chi connectivity index (χ4n) is 2.26. The Labute approximate surface area is 152 Å². The van der Waals surface area contributed by atoms with Gasteiger partial charge in [-0.05, 0) is 24.3 Å². The van der Waals surface area contributed by atoms with Crippen molar-refractivity contribution in [3.8, 4) is 23.0 Å². The number of carbonyl (C=O) groups excluding carboxylic acids is 1. The molecule has 10 heteroatoms. The number of methoxy groups -OCH3 is 2. The quantitative estimate of drug-likeness (QED) is 0.518. The first kappa shape index (κ1) is 17.9. The highest BCUT2D eigenvalue weighted by atomic mass is 16.6. The van der Waals surface area contributed by atoms with Gasteiger partial charge in [0, 0.05) is 23.8 Å². The van der Waals surface area contributed by atoms with Crippen molar-refractivity contribution in [3.05, 3.63) is 58.1 Å². The number of amides is 1. The molecule has 0 radical (unpaired) electrons. The summed E-state index contributed by atoms with van der Waals surface area (Å²) in [7, 11) is 3.03. The highest BCUT2D eigenvalue weighted by Gasteiger charge is 2.17. The fourth-order valence-corrected chi connectivity index (χ4v) is 2.26. The monoisotopic (exact) mass is 370 g/mol. The van der Waals surface area contributed by atoms with E-state index in [9.17, 15) is 14.9 Å². The summed E-state index contributed by atoms with van der Waals surface area (Å²) in [6.45, 7) is 0. The van der Waals surface area contributed by atoms with Crippen LogP contribution in [-0.2, 0) is 0 Å². The highest BCUT2D eigenvalue weighted by molar-refractivity contribution is 6.03. The second kappa shape index (κ2) is 7.52. The van der Waals surface area contributed by atoms with Gasteiger partial charge >= 0.3 is 6.01 Å². The van der Waals surface area contributed by atoms with Crippen molar-refractivity contribution in [1.82, 2.24) is 10.2 Å². The molecule has 1 aromatic heterocycles. The summed E-state index contributed by atoms with van der Waals surface area (Å²) in [6, 6.07) is 10.1. The van der Waals surface area contributed by atoms with Crippen LogP contribution in [0.4, 0.5) is 11.7 Å².